The standard InChI is InChI=1S/C36H27NO6/c1-21(38)43-25-17-14-23(15-18-25)33(39)32-31(24-9-7-10-26(20-24)42-2)36(34(40)27-11-4-5-12-28(27)35(36)41)30-19-16-22-8-3-6-13-29(22)37(30)32/h3-20,30-32H,1-2H3/t30-,31+,32-/m1/s1. The van der Waals surface area contributed by atoms with Crippen LogP contribution < -0.4 is 14.4 Å². The molecular formula is C36H27NO6. The van der Waals surface area contributed by atoms with E-state index in [2.05, 4.69) is 0 Å². The van der Waals surface area contributed by atoms with Crippen molar-refractivity contribution in [3.05, 3.63) is 131 Å². The molecule has 2 heterocycles. The average molecular weight is 570 g/mol. The van der Waals surface area contributed by atoms with Crippen LogP contribution in [0.15, 0.2) is 103 Å². The molecule has 0 N–H and O–H groups in total. The molecule has 1 aliphatic carbocycles. The molecule has 7 nitrogen and oxygen atoms in total. The van der Waals surface area contributed by atoms with Gasteiger partial charge in [-0.3, -0.25) is 19.2 Å². The van der Waals surface area contributed by atoms with Crippen LogP contribution in [0, 0.1) is 5.41 Å². The van der Waals surface area contributed by atoms with Gasteiger partial charge in [0, 0.05) is 35.2 Å². The minimum absolute atomic E-state index is 0.259. The fourth-order valence-corrected chi connectivity index (χ4v) is 7.15. The van der Waals surface area contributed by atoms with E-state index in [1.807, 2.05) is 59.5 Å². The highest BCUT2D eigenvalue weighted by Crippen LogP contribution is 2.61. The number of hydrogen-bond donors (Lipinski definition) is 0. The van der Waals surface area contributed by atoms with E-state index in [0.717, 1.165) is 11.3 Å². The molecule has 1 spiro atoms. The Hall–Kier alpha value is -5.30. The summed E-state index contributed by atoms with van der Waals surface area (Å²) in [6.45, 7) is 1.31. The number of carbonyl (C=O) groups is 4. The smallest absolute Gasteiger partial charge is 0.308 e. The first kappa shape index (κ1) is 26.6. The van der Waals surface area contributed by atoms with E-state index in [1.165, 1.54) is 6.92 Å². The second-order valence-electron chi connectivity index (χ2n) is 11.0. The van der Waals surface area contributed by atoms with Crippen molar-refractivity contribution in [1.29, 1.82) is 0 Å². The maximum atomic E-state index is 14.8. The van der Waals surface area contributed by atoms with Gasteiger partial charge in [-0.2, -0.15) is 0 Å². The average Bonchev–Trinajstić information content (AvgIpc) is 3.47. The summed E-state index contributed by atoms with van der Waals surface area (Å²) in [5, 5.41) is 0. The Morgan fingerprint density at radius 3 is 2.14 bits per heavy atom. The molecular weight excluding hydrogens is 542 g/mol. The Balaban J connectivity index is 1.49. The van der Waals surface area contributed by atoms with Gasteiger partial charge in [-0.05, 0) is 53.6 Å². The predicted molar refractivity (Wildman–Crippen MR) is 161 cm³/mol. The van der Waals surface area contributed by atoms with Gasteiger partial charge in [-0.1, -0.05) is 66.7 Å². The number of benzene rings is 4. The van der Waals surface area contributed by atoms with Crippen molar-refractivity contribution in [3.8, 4) is 11.5 Å². The molecule has 0 unspecified atom stereocenters. The van der Waals surface area contributed by atoms with Gasteiger partial charge in [-0.25, -0.2) is 0 Å². The lowest BCUT2D eigenvalue weighted by molar-refractivity contribution is -0.131. The van der Waals surface area contributed by atoms with Gasteiger partial charge in [-0.15, -0.1) is 0 Å². The van der Waals surface area contributed by atoms with Crippen molar-refractivity contribution < 1.29 is 28.7 Å². The SMILES string of the molecule is COc1cccc([C@H]2[C@H](C(=O)c3ccc(OC(C)=O)cc3)N3c4ccccc4C=C[C@@H]3C23C(=O)c2ccccc2C3=O)c1. The number of anilines is 1. The van der Waals surface area contributed by atoms with Crippen molar-refractivity contribution in [1.82, 2.24) is 0 Å². The monoisotopic (exact) mass is 569 g/mol. The van der Waals surface area contributed by atoms with Crippen molar-refractivity contribution >= 4 is 35.1 Å². The quantitative estimate of drug-likeness (QED) is 0.127. The van der Waals surface area contributed by atoms with E-state index in [1.54, 1.807) is 61.7 Å². The molecule has 3 atom stereocenters. The van der Waals surface area contributed by atoms with E-state index in [4.69, 9.17) is 9.47 Å². The number of hydrogen-bond acceptors (Lipinski definition) is 7. The van der Waals surface area contributed by atoms with Gasteiger partial charge in [0.15, 0.2) is 17.3 Å². The molecule has 0 saturated carbocycles. The Kier molecular flexibility index (Phi) is 6.13. The van der Waals surface area contributed by atoms with Gasteiger partial charge in [0.05, 0.1) is 13.2 Å². The van der Waals surface area contributed by atoms with Crippen LogP contribution in [0.4, 0.5) is 5.69 Å². The molecule has 0 amide bonds. The first-order chi connectivity index (χ1) is 20.9. The third-order valence-electron chi connectivity index (χ3n) is 8.83. The van der Waals surface area contributed by atoms with Crippen LogP contribution in [0.1, 0.15) is 55.0 Å². The lowest BCUT2D eigenvalue weighted by Crippen LogP contribution is -2.48. The summed E-state index contributed by atoms with van der Waals surface area (Å²) in [6, 6.07) is 26.6. The zero-order valence-electron chi connectivity index (χ0n) is 23.5. The van der Waals surface area contributed by atoms with Crippen molar-refractivity contribution in [2.75, 3.05) is 12.0 Å². The molecule has 4 aromatic rings. The summed E-state index contributed by atoms with van der Waals surface area (Å²) in [4.78, 5) is 57.7. The number of para-hydroxylation sites is 1. The maximum absolute atomic E-state index is 14.8. The number of ketones is 3. The fraction of sp³-hybridized carbons (Fsp3) is 0.167. The summed E-state index contributed by atoms with van der Waals surface area (Å²) in [6.07, 6.45) is 3.83. The van der Waals surface area contributed by atoms with Crippen LogP contribution in [0.5, 0.6) is 11.5 Å². The number of methoxy groups -OCH3 is 1. The Morgan fingerprint density at radius 2 is 1.47 bits per heavy atom. The molecule has 0 radical (unpaired) electrons. The van der Waals surface area contributed by atoms with E-state index in [9.17, 15) is 19.2 Å². The highest BCUT2D eigenvalue weighted by atomic mass is 16.5. The lowest BCUT2D eigenvalue weighted by Gasteiger charge is -2.37. The minimum Gasteiger partial charge on any atom is -0.497 e. The molecule has 4 aromatic carbocycles. The predicted octanol–water partition coefficient (Wildman–Crippen LogP) is 5.94. The molecule has 3 aliphatic rings. The summed E-state index contributed by atoms with van der Waals surface area (Å²) in [5.41, 5.74) is 1.82. The number of esters is 1. The molecule has 212 valence electrons. The van der Waals surface area contributed by atoms with Crippen LogP contribution in [0.2, 0.25) is 0 Å². The first-order valence-corrected chi connectivity index (χ1v) is 14.1. The number of Topliss-reactive ketones (excluding diaryl/α,β-unsaturated/α-hetero) is 3. The number of carbonyl (C=O) groups excluding carboxylic acids is 4. The largest absolute Gasteiger partial charge is 0.497 e. The number of fused-ring (bicyclic) bond motifs is 5. The topological polar surface area (TPSA) is 90.0 Å². The molecule has 7 rings (SSSR count). The van der Waals surface area contributed by atoms with Crippen LogP contribution in [-0.4, -0.2) is 42.5 Å². The summed E-state index contributed by atoms with van der Waals surface area (Å²) in [5.74, 6) is -1.28. The molecule has 7 heteroatoms. The van der Waals surface area contributed by atoms with Gasteiger partial charge >= 0.3 is 5.97 Å². The third-order valence-corrected chi connectivity index (χ3v) is 8.83. The normalized spacial score (nSPS) is 20.9. The molecule has 1 saturated heterocycles. The highest BCUT2D eigenvalue weighted by molar-refractivity contribution is 6.32. The Labute approximate surface area is 248 Å². The molecule has 0 bridgehead atoms. The first-order valence-electron chi connectivity index (χ1n) is 14.1. The number of nitrogens with zero attached hydrogens (tertiary/aromatic N) is 1. The van der Waals surface area contributed by atoms with E-state index in [0.29, 0.717) is 33.8 Å². The van der Waals surface area contributed by atoms with Crippen LogP contribution >= 0.6 is 0 Å². The zero-order valence-corrected chi connectivity index (χ0v) is 23.5. The fourth-order valence-electron chi connectivity index (χ4n) is 7.15. The Bertz CT molecular complexity index is 1820. The van der Waals surface area contributed by atoms with Crippen molar-refractivity contribution in [2.24, 2.45) is 5.41 Å². The van der Waals surface area contributed by atoms with E-state index in [-0.39, 0.29) is 17.3 Å². The molecule has 0 aromatic heterocycles. The molecule has 2 aliphatic heterocycles. The number of ether oxygens (including phenoxy) is 2. The second kappa shape index (κ2) is 9.91. The van der Waals surface area contributed by atoms with Crippen molar-refractivity contribution in [2.45, 2.75) is 24.9 Å². The highest BCUT2D eigenvalue weighted by Gasteiger charge is 2.71. The summed E-state index contributed by atoms with van der Waals surface area (Å²) < 4.78 is 10.7. The zero-order chi connectivity index (χ0) is 29.9. The van der Waals surface area contributed by atoms with Crippen LogP contribution in [-0.2, 0) is 4.79 Å². The van der Waals surface area contributed by atoms with Gasteiger partial charge in [0.25, 0.3) is 0 Å². The lowest BCUT2D eigenvalue weighted by atomic mass is 9.64. The Morgan fingerprint density at radius 1 is 0.791 bits per heavy atom. The van der Waals surface area contributed by atoms with E-state index < -0.39 is 29.4 Å². The molecule has 43 heavy (non-hydrogen) atoms. The van der Waals surface area contributed by atoms with Gasteiger partial charge in [0.1, 0.15) is 23.0 Å². The van der Waals surface area contributed by atoms with Gasteiger partial charge in [0.2, 0.25) is 0 Å². The number of rotatable bonds is 5. The summed E-state index contributed by atoms with van der Waals surface area (Å²) >= 11 is 0. The maximum Gasteiger partial charge on any atom is 0.308 e. The second-order valence-corrected chi connectivity index (χ2v) is 11.0. The molecule has 1 fully saturated rings. The minimum atomic E-state index is -1.60. The summed E-state index contributed by atoms with van der Waals surface area (Å²) in [7, 11) is 1.56. The van der Waals surface area contributed by atoms with Crippen LogP contribution in [0.3, 0.4) is 0 Å². The van der Waals surface area contributed by atoms with Gasteiger partial charge < -0.3 is 14.4 Å². The third kappa shape index (κ3) is 3.81. The van der Waals surface area contributed by atoms with Crippen LogP contribution in [0.25, 0.3) is 6.08 Å². The van der Waals surface area contributed by atoms with E-state index >= 15 is 0 Å². The van der Waals surface area contributed by atoms with Crippen molar-refractivity contribution in [3.63, 3.8) is 0 Å².